The van der Waals surface area contributed by atoms with Crippen LogP contribution in [0.3, 0.4) is 0 Å². The standard InChI is InChI=1S/C29H46N5O10PS/c1-18(2)22(31)24(36)44-23-20(43-25(29(23,5)39)34-12-11-21(30)33-27(34)38)16-42-45(40,32-15-19-9-7-6-8-10-19)41-13-14-46-26(37)28(3,4)17-35/h6-12,18,20,22-23,25,27,35,38-39H,13-17,31H2,1-5H3,(H2,30,33)(H,32,40)/t20?,22-,23+,25?,27?,29+,45?/m0/s1. The molecule has 8 N–H and O–H groups in total. The molecule has 3 rings (SSSR count). The topological polar surface area (TPSA) is 228 Å². The Hall–Kier alpha value is -2.37. The van der Waals surface area contributed by atoms with Crippen molar-refractivity contribution in [2.75, 3.05) is 25.6 Å². The summed E-state index contributed by atoms with van der Waals surface area (Å²) >= 11 is 0.924. The van der Waals surface area contributed by atoms with Gasteiger partial charge < -0.3 is 41.2 Å². The Kier molecular flexibility index (Phi) is 13.4. The zero-order valence-corrected chi connectivity index (χ0v) is 28.4. The molecule has 0 aromatic heterocycles. The van der Waals surface area contributed by atoms with E-state index in [1.54, 1.807) is 27.7 Å². The van der Waals surface area contributed by atoms with Gasteiger partial charge in [-0.3, -0.25) is 18.6 Å². The first-order chi connectivity index (χ1) is 21.5. The van der Waals surface area contributed by atoms with Gasteiger partial charge in [0.05, 0.1) is 25.2 Å². The lowest BCUT2D eigenvalue weighted by molar-refractivity contribution is -0.173. The van der Waals surface area contributed by atoms with Crippen LogP contribution in [-0.2, 0) is 39.2 Å². The zero-order valence-electron chi connectivity index (χ0n) is 26.6. The number of carbonyl (C=O) groups excluding carboxylic acids is 2. The van der Waals surface area contributed by atoms with Crippen LogP contribution in [0.25, 0.3) is 0 Å². The number of benzene rings is 1. The van der Waals surface area contributed by atoms with Crippen molar-refractivity contribution in [3.05, 3.63) is 48.2 Å². The number of nitrogens with zero attached hydrogens (tertiary/aromatic N) is 2. The van der Waals surface area contributed by atoms with Gasteiger partial charge in [0, 0.05) is 18.5 Å². The molecule has 0 aliphatic carbocycles. The number of carbonyl (C=O) groups is 2. The molecule has 1 saturated heterocycles. The first-order valence-electron chi connectivity index (χ1n) is 14.8. The van der Waals surface area contributed by atoms with Gasteiger partial charge in [-0.1, -0.05) is 55.9 Å². The second kappa shape index (κ2) is 16.2. The average Bonchev–Trinajstić information content (AvgIpc) is 3.25. The number of hydrogen-bond donors (Lipinski definition) is 6. The second-order valence-corrected chi connectivity index (χ2v) is 15.1. The van der Waals surface area contributed by atoms with Gasteiger partial charge in [0.2, 0.25) is 6.35 Å². The number of aliphatic hydroxyl groups excluding tert-OH is 2. The molecule has 0 amide bonds. The molecular formula is C29H46N5O10PS. The van der Waals surface area contributed by atoms with Crippen LogP contribution >= 0.6 is 19.5 Å². The van der Waals surface area contributed by atoms with E-state index in [2.05, 4.69) is 10.1 Å². The number of rotatable bonds is 16. The summed E-state index contributed by atoms with van der Waals surface area (Å²) in [7, 11) is -4.12. The van der Waals surface area contributed by atoms with Crippen molar-refractivity contribution in [1.29, 1.82) is 0 Å². The summed E-state index contributed by atoms with van der Waals surface area (Å²) in [6.45, 7) is 7.16. The summed E-state index contributed by atoms with van der Waals surface area (Å²) in [5.74, 6) is -0.914. The van der Waals surface area contributed by atoms with Gasteiger partial charge in [-0.05, 0) is 38.3 Å². The highest BCUT2D eigenvalue weighted by Crippen LogP contribution is 2.46. The summed E-state index contributed by atoms with van der Waals surface area (Å²) in [6, 6.07) is 8.06. The first-order valence-corrected chi connectivity index (χ1v) is 17.3. The number of amidine groups is 1. The van der Waals surface area contributed by atoms with Crippen molar-refractivity contribution in [2.24, 2.45) is 27.8 Å². The number of esters is 1. The molecule has 7 atom stereocenters. The minimum absolute atomic E-state index is 0.0505. The molecule has 1 fully saturated rings. The lowest BCUT2D eigenvalue weighted by Gasteiger charge is -2.38. The van der Waals surface area contributed by atoms with Crippen molar-refractivity contribution >= 4 is 36.4 Å². The van der Waals surface area contributed by atoms with Crippen LogP contribution in [0.4, 0.5) is 0 Å². The fourth-order valence-corrected chi connectivity index (χ4v) is 6.62. The molecular weight excluding hydrogens is 641 g/mol. The van der Waals surface area contributed by atoms with Crippen LogP contribution in [0.15, 0.2) is 47.6 Å². The molecule has 46 heavy (non-hydrogen) atoms. The van der Waals surface area contributed by atoms with E-state index in [0.29, 0.717) is 0 Å². The SMILES string of the molecule is CC(C)[C@H](N)C(=O)O[C@@H]1C(COP(=O)(NCc2ccccc2)OCCSC(=O)C(C)(C)CO)OC(N2C=CC(N)=NC2O)[C@]1(C)O. The lowest BCUT2D eigenvalue weighted by atomic mass is 9.95. The van der Waals surface area contributed by atoms with Crippen LogP contribution in [0.5, 0.6) is 0 Å². The Morgan fingerprint density at radius 1 is 1.26 bits per heavy atom. The number of hydrogen-bond acceptors (Lipinski definition) is 15. The van der Waals surface area contributed by atoms with E-state index in [4.69, 9.17) is 30.0 Å². The Balaban J connectivity index is 1.81. The Morgan fingerprint density at radius 3 is 2.54 bits per heavy atom. The van der Waals surface area contributed by atoms with Crippen molar-refractivity contribution in [2.45, 2.75) is 77.6 Å². The van der Waals surface area contributed by atoms with Crippen LogP contribution in [0, 0.1) is 11.3 Å². The summed E-state index contributed by atoms with van der Waals surface area (Å²) in [5.41, 5.74) is 9.57. The minimum Gasteiger partial charge on any atom is -0.455 e. The van der Waals surface area contributed by atoms with E-state index in [-0.39, 0.29) is 42.4 Å². The molecule has 1 aromatic carbocycles. The minimum atomic E-state index is -4.12. The molecule has 15 nitrogen and oxygen atoms in total. The maximum absolute atomic E-state index is 14.0. The maximum Gasteiger partial charge on any atom is 0.405 e. The van der Waals surface area contributed by atoms with Gasteiger partial charge in [-0.2, -0.15) is 0 Å². The van der Waals surface area contributed by atoms with E-state index in [1.165, 1.54) is 24.1 Å². The predicted molar refractivity (Wildman–Crippen MR) is 172 cm³/mol. The quantitative estimate of drug-likeness (QED) is 0.0810. The normalized spacial score (nSPS) is 26.9. The van der Waals surface area contributed by atoms with Gasteiger partial charge in [0.1, 0.15) is 23.6 Å². The molecule has 0 saturated carbocycles. The van der Waals surface area contributed by atoms with Gasteiger partial charge in [-0.15, -0.1) is 0 Å². The average molecular weight is 688 g/mol. The van der Waals surface area contributed by atoms with Gasteiger partial charge in [0.15, 0.2) is 17.4 Å². The predicted octanol–water partition coefficient (Wildman–Crippen LogP) is 1.03. The number of nitrogens with one attached hydrogen (secondary N) is 1. The van der Waals surface area contributed by atoms with Crippen molar-refractivity contribution in [3.8, 4) is 0 Å². The number of nitrogens with two attached hydrogens (primary N) is 2. The van der Waals surface area contributed by atoms with Crippen molar-refractivity contribution in [3.63, 3.8) is 0 Å². The van der Waals surface area contributed by atoms with Gasteiger partial charge in [-0.25, -0.2) is 14.6 Å². The summed E-state index contributed by atoms with van der Waals surface area (Å²) in [6.07, 6.45) is -2.67. The first kappa shape index (κ1) is 38.1. The largest absolute Gasteiger partial charge is 0.455 e. The second-order valence-electron chi connectivity index (χ2n) is 12.2. The summed E-state index contributed by atoms with van der Waals surface area (Å²) in [4.78, 5) is 30.4. The van der Waals surface area contributed by atoms with E-state index in [1.807, 2.05) is 30.3 Å². The Bertz CT molecular complexity index is 1300. The molecule has 2 heterocycles. The monoisotopic (exact) mass is 687 g/mol. The summed E-state index contributed by atoms with van der Waals surface area (Å²) < 4.78 is 37.2. The zero-order chi connectivity index (χ0) is 34.3. The molecule has 2 aliphatic heterocycles. The molecule has 1 aromatic rings. The highest BCUT2D eigenvalue weighted by molar-refractivity contribution is 8.13. The highest BCUT2D eigenvalue weighted by Gasteiger charge is 2.58. The third kappa shape index (κ3) is 9.83. The number of ether oxygens (including phenoxy) is 2. The molecule has 0 radical (unpaired) electrons. The third-order valence-corrected chi connectivity index (χ3v) is 10.2. The maximum atomic E-state index is 14.0. The van der Waals surface area contributed by atoms with Gasteiger partial charge >= 0.3 is 13.7 Å². The van der Waals surface area contributed by atoms with E-state index in [0.717, 1.165) is 17.3 Å². The molecule has 4 unspecified atom stereocenters. The fraction of sp³-hybridized carbons (Fsp3) is 0.621. The molecule has 17 heteroatoms. The Morgan fingerprint density at radius 2 is 1.93 bits per heavy atom. The fourth-order valence-electron chi connectivity index (χ4n) is 4.38. The number of aliphatic imine (C=N–C) groups is 1. The highest BCUT2D eigenvalue weighted by atomic mass is 32.2. The number of aliphatic hydroxyl groups is 3. The Labute approximate surface area is 273 Å². The van der Waals surface area contributed by atoms with Crippen molar-refractivity contribution in [1.82, 2.24) is 9.99 Å². The van der Waals surface area contributed by atoms with E-state index in [9.17, 15) is 29.5 Å². The van der Waals surface area contributed by atoms with Crippen LogP contribution in [-0.4, -0.2) is 99.1 Å². The van der Waals surface area contributed by atoms with Crippen LogP contribution < -0.4 is 16.6 Å². The summed E-state index contributed by atoms with van der Waals surface area (Å²) in [5, 5.41) is 34.2. The smallest absolute Gasteiger partial charge is 0.405 e. The molecule has 0 spiro atoms. The molecule has 258 valence electrons. The van der Waals surface area contributed by atoms with E-state index < -0.39 is 62.2 Å². The lowest BCUT2D eigenvalue weighted by Crippen LogP contribution is -2.56. The van der Waals surface area contributed by atoms with E-state index >= 15 is 0 Å². The van der Waals surface area contributed by atoms with Crippen molar-refractivity contribution < 1.29 is 48.0 Å². The molecule has 2 aliphatic rings. The number of thioether (sulfide) groups is 1. The van der Waals surface area contributed by atoms with Gasteiger partial charge in [0.25, 0.3) is 0 Å². The van der Waals surface area contributed by atoms with Crippen LogP contribution in [0.1, 0.15) is 40.2 Å². The third-order valence-electron chi connectivity index (χ3n) is 7.42. The van der Waals surface area contributed by atoms with Crippen LogP contribution in [0.2, 0.25) is 0 Å². The molecule has 0 bridgehead atoms.